The zero-order chi connectivity index (χ0) is 16.8. The van der Waals surface area contributed by atoms with Crippen LogP contribution in [0.5, 0.6) is 0 Å². The third kappa shape index (κ3) is 2.08. The van der Waals surface area contributed by atoms with Crippen LogP contribution in [-0.2, 0) is 4.74 Å². The molecule has 3 heterocycles. The SMILES string of the molecule is CCC1=C2C3=[N+]([O-])C4=CCC(OC)=CC4=C3CCN2CCC1CC. The number of hydrogen-bond acceptors (Lipinski definition) is 3. The van der Waals surface area contributed by atoms with Crippen molar-refractivity contribution in [3.05, 3.63) is 51.2 Å². The molecule has 0 spiro atoms. The molecule has 0 saturated carbocycles. The second-order valence-electron chi connectivity index (χ2n) is 7.00. The molecule has 0 radical (unpaired) electrons. The molecule has 0 aromatic heterocycles. The first-order valence-electron chi connectivity index (χ1n) is 9.20. The highest BCUT2D eigenvalue weighted by molar-refractivity contribution is 6.13. The smallest absolute Gasteiger partial charge is 0.244 e. The van der Waals surface area contributed by atoms with E-state index in [1.165, 1.54) is 28.0 Å². The van der Waals surface area contributed by atoms with Gasteiger partial charge in [-0.2, -0.15) is 4.74 Å². The van der Waals surface area contributed by atoms with Crippen LogP contribution in [0.2, 0.25) is 0 Å². The number of hydrogen-bond donors (Lipinski definition) is 0. The summed E-state index contributed by atoms with van der Waals surface area (Å²) in [6.07, 6.45) is 9.16. The molecule has 0 amide bonds. The molecule has 1 atom stereocenters. The van der Waals surface area contributed by atoms with Crippen LogP contribution < -0.4 is 0 Å². The fraction of sp³-hybridized carbons (Fsp3) is 0.550. The molecule has 1 unspecified atom stereocenters. The van der Waals surface area contributed by atoms with Gasteiger partial charge in [-0.3, -0.25) is 0 Å². The number of allylic oxidation sites excluding steroid dienone is 4. The van der Waals surface area contributed by atoms with Crippen LogP contribution in [0.3, 0.4) is 0 Å². The van der Waals surface area contributed by atoms with Gasteiger partial charge >= 0.3 is 0 Å². The van der Waals surface area contributed by atoms with Gasteiger partial charge in [0.15, 0.2) is 0 Å². The van der Waals surface area contributed by atoms with E-state index in [4.69, 9.17) is 4.74 Å². The maximum Gasteiger partial charge on any atom is 0.244 e. The van der Waals surface area contributed by atoms with Crippen LogP contribution in [0.1, 0.15) is 46.0 Å². The number of fused-ring (bicyclic) bond motifs is 4. The number of nitrogens with zero attached hydrogens (tertiary/aromatic N) is 2. The first-order valence-corrected chi connectivity index (χ1v) is 9.20. The van der Waals surface area contributed by atoms with Crippen LogP contribution >= 0.6 is 0 Å². The lowest BCUT2D eigenvalue weighted by atomic mass is 9.81. The van der Waals surface area contributed by atoms with E-state index in [2.05, 4.69) is 24.8 Å². The van der Waals surface area contributed by atoms with E-state index in [1.807, 2.05) is 6.08 Å². The topological polar surface area (TPSA) is 38.5 Å². The molecule has 4 heteroatoms. The van der Waals surface area contributed by atoms with Crippen molar-refractivity contribution in [2.24, 2.45) is 5.92 Å². The second kappa shape index (κ2) is 5.83. The van der Waals surface area contributed by atoms with E-state index in [1.54, 1.807) is 7.11 Å². The molecular formula is C20H26N2O2. The molecule has 24 heavy (non-hydrogen) atoms. The number of ether oxygens (including phenoxy) is 1. The van der Waals surface area contributed by atoms with Gasteiger partial charge < -0.3 is 14.8 Å². The van der Waals surface area contributed by atoms with Crippen LogP contribution in [0, 0.1) is 11.1 Å². The third-order valence-electron chi connectivity index (χ3n) is 5.96. The molecule has 0 aromatic carbocycles. The van der Waals surface area contributed by atoms with Gasteiger partial charge in [-0.15, -0.1) is 0 Å². The molecule has 128 valence electrons. The largest absolute Gasteiger partial charge is 0.618 e. The molecular weight excluding hydrogens is 300 g/mol. The Kier molecular flexibility index (Phi) is 3.78. The molecule has 0 bridgehead atoms. The van der Waals surface area contributed by atoms with E-state index in [9.17, 15) is 5.21 Å². The summed E-state index contributed by atoms with van der Waals surface area (Å²) in [5, 5.41) is 13.1. The summed E-state index contributed by atoms with van der Waals surface area (Å²) < 4.78 is 6.63. The van der Waals surface area contributed by atoms with E-state index >= 15 is 0 Å². The first-order chi connectivity index (χ1) is 11.7. The lowest BCUT2D eigenvalue weighted by Crippen LogP contribution is -2.42. The summed E-state index contributed by atoms with van der Waals surface area (Å²) in [6, 6.07) is 0. The zero-order valence-corrected chi connectivity index (χ0v) is 14.9. The number of hydroxylamine groups is 1. The van der Waals surface area contributed by atoms with Crippen molar-refractivity contribution < 1.29 is 9.48 Å². The van der Waals surface area contributed by atoms with Gasteiger partial charge in [-0.25, -0.2) is 0 Å². The van der Waals surface area contributed by atoms with Crippen molar-refractivity contribution in [1.82, 2.24) is 4.90 Å². The third-order valence-corrected chi connectivity index (χ3v) is 5.96. The predicted molar refractivity (Wildman–Crippen MR) is 95.4 cm³/mol. The molecule has 4 nitrogen and oxygen atoms in total. The molecule has 4 rings (SSSR count). The number of methoxy groups -OCH3 is 1. The van der Waals surface area contributed by atoms with Gasteiger partial charge in [0.1, 0.15) is 11.5 Å². The van der Waals surface area contributed by atoms with Crippen molar-refractivity contribution in [2.75, 3.05) is 20.2 Å². The van der Waals surface area contributed by atoms with Gasteiger partial charge in [-0.05, 0) is 49.3 Å². The standard InChI is InChI=1S/C20H26N2O2/c1-4-13-8-10-21-11-9-16-17-12-14(24-3)6-7-18(17)22(23)20(16)19(21)15(13)5-2/h7,12-13H,4-6,8-11H2,1-3H3. The Bertz CT molecular complexity index is 737. The summed E-state index contributed by atoms with van der Waals surface area (Å²) in [6.45, 7) is 6.60. The number of rotatable bonds is 3. The van der Waals surface area contributed by atoms with Gasteiger partial charge in [0, 0.05) is 25.1 Å². The van der Waals surface area contributed by atoms with E-state index in [0.29, 0.717) is 12.3 Å². The van der Waals surface area contributed by atoms with Crippen molar-refractivity contribution in [3.63, 3.8) is 0 Å². The Morgan fingerprint density at radius 1 is 1.33 bits per heavy atom. The Balaban J connectivity index is 1.90. The average molecular weight is 326 g/mol. The molecule has 3 aliphatic heterocycles. The Morgan fingerprint density at radius 2 is 2.17 bits per heavy atom. The average Bonchev–Trinajstić information content (AvgIpc) is 2.92. The van der Waals surface area contributed by atoms with E-state index in [0.717, 1.165) is 55.1 Å². The summed E-state index contributed by atoms with van der Waals surface area (Å²) in [4.78, 5) is 2.45. The minimum atomic E-state index is 0.619. The molecule has 1 aliphatic carbocycles. The predicted octanol–water partition coefficient (Wildman–Crippen LogP) is 3.87. The maximum absolute atomic E-state index is 13.1. The van der Waals surface area contributed by atoms with Crippen LogP contribution in [0.15, 0.2) is 46.0 Å². The van der Waals surface area contributed by atoms with Crippen LogP contribution in [0.25, 0.3) is 0 Å². The van der Waals surface area contributed by atoms with Crippen molar-refractivity contribution in [2.45, 2.75) is 46.0 Å². The molecule has 0 N–H and O–H groups in total. The van der Waals surface area contributed by atoms with Crippen molar-refractivity contribution >= 4 is 5.71 Å². The highest BCUT2D eigenvalue weighted by atomic mass is 16.5. The van der Waals surface area contributed by atoms with Gasteiger partial charge in [0.2, 0.25) is 11.4 Å². The quantitative estimate of drug-likeness (QED) is 0.584. The maximum atomic E-state index is 13.1. The van der Waals surface area contributed by atoms with Crippen molar-refractivity contribution in [3.8, 4) is 0 Å². The fourth-order valence-corrected chi connectivity index (χ4v) is 4.71. The first kappa shape index (κ1) is 15.6. The van der Waals surface area contributed by atoms with Gasteiger partial charge in [0.05, 0.1) is 12.7 Å². The van der Waals surface area contributed by atoms with Crippen LogP contribution in [0.4, 0.5) is 0 Å². The van der Waals surface area contributed by atoms with E-state index in [-0.39, 0.29) is 0 Å². The monoisotopic (exact) mass is 326 g/mol. The Morgan fingerprint density at radius 3 is 2.88 bits per heavy atom. The fourth-order valence-electron chi connectivity index (χ4n) is 4.71. The number of piperidine rings is 1. The summed E-state index contributed by atoms with van der Waals surface area (Å²) in [7, 11) is 1.71. The second-order valence-corrected chi connectivity index (χ2v) is 7.00. The van der Waals surface area contributed by atoms with Gasteiger partial charge in [0.25, 0.3) is 0 Å². The Hall–Kier alpha value is -1.97. The normalized spacial score (nSPS) is 26.1. The van der Waals surface area contributed by atoms with E-state index < -0.39 is 0 Å². The lowest BCUT2D eigenvalue weighted by molar-refractivity contribution is -0.393. The lowest BCUT2D eigenvalue weighted by Gasteiger charge is -2.39. The molecule has 4 aliphatic rings. The Labute approximate surface area is 144 Å². The molecule has 0 aromatic rings. The minimum Gasteiger partial charge on any atom is -0.618 e. The van der Waals surface area contributed by atoms with Gasteiger partial charge in [-0.1, -0.05) is 13.8 Å². The molecule has 1 fully saturated rings. The summed E-state index contributed by atoms with van der Waals surface area (Å²) >= 11 is 0. The summed E-state index contributed by atoms with van der Waals surface area (Å²) in [5.41, 5.74) is 6.77. The highest BCUT2D eigenvalue weighted by Crippen LogP contribution is 2.43. The van der Waals surface area contributed by atoms with Crippen molar-refractivity contribution in [1.29, 1.82) is 0 Å². The minimum absolute atomic E-state index is 0.619. The summed E-state index contributed by atoms with van der Waals surface area (Å²) in [5.74, 6) is 1.56. The highest BCUT2D eigenvalue weighted by Gasteiger charge is 2.44. The van der Waals surface area contributed by atoms with Crippen LogP contribution in [-0.4, -0.2) is 35.5 Å². The molecule has 1 saturated heterocycles. The zero-order valence-electron chi connectivity index (χ0n) is 14.9.